The van der Waals surface area contributed by atoms with Crippen molar-refractivity contribution in [2.75, 3.05) is 11.1 Å². The summed E-state index contributed by atoms with van der Waals surface area (Å²) in [4.78, 5) is 24.1. The van der Waals surface area contributed by atoms with Gasteiger partial charge in [0.05, 0.1) is 10.7 Å². The molecule has 162 valence electrons. The largest absolute Gasteiger partial charge is 0.342 e. The molecule has 1 heterocycles. The van der Waals surface area contributed by atoms with E-state index in [1.165, 1.54) is 23.9 Å². The van der Waals surface area contributed by atoms with Gasteiger partial charge < -0.3 is 9.88 Å². The van der Waals surface area contributed by atoms with E-state index in [4.69, 9.17) is 0 Å². The van der Waals surface area contributed by atoms with Gasteiger partial charge in [-0.05, 0) is 48.7 Å². The van der Waals surface area contributed by atoms with Crippen molar-refractivity contribution in [2.24, 2.45) is 0 Å². The fourth-order valence-electron chi connectivity index (χ4n) is 3.77. The molecule has 0 bridgehead atoms. The van der Waals surface area contributed by atoms with Crippen LogP contribution >= 0.6 is 11.8 Å². The highest BCUT2D eigenvalue weighted by Crippen LogP contribution is 2.31. The number of hydrogen-bond donors (Lipinski definition) is 1. The van der Waals surface area contributed by atoms with Crippen LogP contribution in [0.25, 0.3) is 10.9 Å². The Labute approximate surface area is 190 Å². The van der Waals surface area contributed by atoms with Gasteiger partial charge in [0.2, 0.25) is 5.91 Å². The van der Waals surface area contributed by atoms with Gasteiger partial charge in [-0.25, -0.2) is 0 Å². The van der Waals surface area contributed by atoms with E-state index in [1.807, 2.05) is 56.4 Å². The quantitative estimate of drug-likeness (QED) is 0.217. The van der Waals surface area contributed by atoms with Crippen molar-refractivity contribution < 1.29 is 9.72 Å². The number of carbonyl (C=O) groups is 1. The van der Waals surface area contributed by atoms with E-state index in [9.17, 15) is 14.9 Å². The van der Waals surface area contributed by atoms with Gasteiger partial charge in [-0.2, -0.15) is 0 Å². The summed E-state index contributed by atoms with van der Waals surface area (Å²) in [6.45, 7) is 4.61. The third-order valence-corrected chi connectivity index (χ3v) is 6.16. The second-order valence-corrected chi connectivity index (χ2v) is 8.79. The van der Waals surface area contributed by atoms with Crippen molar-refractivity contribution in [3.63, 3.8) is 0 Å². The van der Waals surface area contributed by atoms with Crippen LogP contribution in [0.5, 0.6) is 0 Å². The first kappa shape index (κ1) is 21.6. The van der Waals surface area contributed by atoms with Crippen LogP contribution in [0, 0.1) is 24.0 Å². The molecular weight excluding hydrogens is 422 g/mol. The number of nitro benzene ring substituents is 1. The highest BCUT2D eigenvalue weighted by Gasteiger charge is 2.12. The summed E-state index contributed by atoms with van der Waals surface area (Å²) in [5.74, 6) is 0.255. The molecule has 0 aliphatic carbocycles. The minimum absolute atomic E-state index is 0.0489. The number of nitrogens with zero attached hydrogens (tertiary/aromatic N) is 2. The first-order valence-electron chi connectivity index (χ1n) is 10.2. The summed E-state index contributed by atoms with van der Waals surface area (Å²) in [6, 6.07) is 20.7. The number of para-hydroxylation sites is 1. The molecule has 0 saturated heterocycles. The number of nitro groups is 1. The normalized spacial score (nSPS) is 10.9. The van der Waals surface area contributed by atoms with Crippen LogP contribution in [0.2, 0.25) is 0 Å². The topological polar surface area (TPSA) is 77.2 Å². The zero-order valence-electron chi connectivity index (χ0n) is 17.9. The molecule has 1 amide bonds. The van der Waals surface area contributed by atoms with Crippen molar-refractivity contribution >= 4 is 39.9 Å². The third kappa shape index (κ3) is 5.00. The van der Waals surface area contributed by atoms with E-state index in [2.05, 4.69) is 16.0 Å². The lowest BCUT2D eigenvalue weighted by Gasteiger charge is -2.07. The highest BCUT2D eigenvalue weighted by atomic mass is 32.2. The Balaban J connectivity index is 1.49. The molecule has 7 heteroatoms. The van der Waals surface area contributed by atoms with Gasteiger partial charge >= 0.3 is 0 Å². The lowest BCUT2D eigenvalue weighted by atomic mass is 10.1. The molecule has 1 aromatic heterocycles. The van der Waals surface area contributed by atoms with E-state index in [1.54, 1.807) is 12.1 Å². The predicted octanol–water partition coefficient (Wildman–Crippen LogP) is 5.95. The van der Waals surface area contributed by atoms with Crippen LogP contribution in [-0.2, 0) is 11.3 Å². The average Bonchev–Trinajstić information content (AvgIpc) is 3.09. The summed E-state index contributed by atoms with van der Waals surface area (Å²) in [7, 11) is 0. The van der Waals surface area contributed by atoms with Gasteiger partial charge in [-0.3, -0.25) is 14.9 Å². The molecule has 0 fully saturated rings. The minimum atomic E-state index is -0.396. The third-order valence-electron chi connectivity index (χ3n) is 5.12. The van der Waals surface area contributed by atoms with Gasteiger partial charge in [0.1, 0.15) is 0 Å². The van der Waals surface area contributed by atoms with Crippen LogP contribution in [0.4, 0.5) is 11.4 Å². The zero-order chi connectivity index (χ0) is 22.7. The lowest BCUT2D eigenvalue weighted by Crippen LogP contribution is -2.14. The summed E-state index contributed by atoms with van der Waals surface area (Å²) in [5.41, 5.74) is 5.15. The summed E-state index contributed by atoms with van der Waals surface area (Å²) in [5, 5.41) is 15.0. The molecular formula is C25H23N3O3S. The molecule has 0 atom stereocenters. The van der Waals surface area contributed by atoms with Crippen LogP contribution in [0.1, 0.15) is 16.7 Å². The van der Waals surface area contributed by atoms with Crippen LogP contribution in [0.15, 0.2) is 77.8 Å². The van der Waals surface area contributed by atoms with Crippen molar-refractivity contribution in [2.45, 2.75) is 25.3 Å². The van der Waals surface area contributed by atoms with Crippen LogP contribution < -0.4 is 5.32 Å². The number of hydrogen-bond acceptors (Lipinski definition) is 4. The number of aryl methyl sites for hydroxylation is 2. The highest BCUT2D eigenvalue weighted by molar-refractivity contribution is 8.00. The molecule has 0 saturated carbocycles. The number of anilines is 1. The van der Waals surface area contributed by atoms with Gasteiger partial charge in [0.25, 0.3) is 5.69 Å². The second-order valence-electron chi connectivity index (χ2n) is 7.78. The molecule has 0 spiro atoms. The summed E-state index contributed by atoms with van der Waals surface area (Å²) >= 11 is 1.50. The first-order valence-corrected chi connectivity index (χ1v) is 11.2. The van der Waals surface area contributed by atoms with Gasteiger partial charge in [-0.1, -0.05) is 36.4 Å². The maximum Gasteiger partial charge on any atom is 0.269 e. The first-order chi connectivity index (χ1) is 15.4. The molecule has 3 aromatic carbocycles. The fraction of sp³-hybridized carbons (Fsp3) is 0.160. The second kappa shape index (κ2) is 9.28. The smallest absolute Gasteiger partial charge is 0.269 e. The Hall–Kier alpha value is -3.58. The lowest BCUT2D eigenvalue weighted by molar-refractivity contribution is -0.384. The zero-order valence-corrected chi connectivity index (χ0v) is 18.7. The maximum absolute atomic E-state index is 12.5. The molecule has 0 aliphatic rings. The number of nitrogens with one attached hydrogen (secondary N) is 1. The number of rotatable bonds is 7. The minimum Gasteiger partial charge on any atom is -0.342 e. The van der Waals surface area contributed by atoms with Gasteiger partial charge in [0.15, 0.2) is 0 Å². The number of thioether (sulfide) groups is 1. The molecule has 0 radical (unpaired) electrons. The fourth-order valence-corrected chi connectivity index (χ4v) is 4.65. The Morgan fingerprint density at radius 2 is 1.72 bits per heavy atom. The van der Waals surface area contributed by atoms with E-state index >= 15 is 0 Å². The Morgan fingerprint density at radius 3 is 2.41 bits per heavy atom. The standard InChI is InChI=1S/C25H23N3O3S/c1-17-11-18(2)13-20(12-17)26-25(29)16-32-24-15-27(23-6-4-3-5-22(23)24)14-19-7-9-21(10-8-19)28(30)31/h3-13,15H,14,16H2,1-2H3,(H,26,29). The number of amides is 1. The van der Waals surface area contributed by atoms with E-state index in [0.717, 1.165) is 38.2 Å². The molecule has 1 N–H and O–H groups in total. The van der Waals surface area contributed by atoms with Crippen LogP contribution in [-0.4, -0.2) is 21.2 Å². The molecule has 32 heavy (non-hydrogen) atoms. The predicted molar refractivity (Wildman–Crippen MR) is 129 cm³/mol. The molecule has 4 aromatic rings. The average molecular weight is 446 g/mol. The maximum atomic E-state index is 12.5. The van der Waals surface area contributed by atoms with E-state index < -0.39 is 4.92 Å². The summed E-state index contributed by atoms with van der Waals surface area (Å²) < 4.78 is 2.11. The molecule has 4 rings (SSSR count). The number of aromatic nitrogens is 1. The monoisotopic (exact) mass is 445 g/mol. The van der Waals surface area contributed by atoms with Crippen molar-refractivity contribution in [3.05, 3.63) is 99.7 Å². The van der Waals surface area contributed by atoms with Crippen molar-refractivity contribution in [1.29, 1.82) is 0 Å². The molecule has 6 nitrogen and oxygen atoms in total. The molecule has 0 unspecified atom stereocenters. The Kier molecular flexibility index (Phi) is 6.28. The molecule has 0 aliphatic heterocycles. The number of carbonyl (C=O) groups excluding carboxylic acids is 1. The summed E-state index contributed by atoms with van der Waals surface area (Å²) in [6.07, 6.45) is 2.04. The number of benzene rings is 3. The van der Waals surface area contributed by atoms with E-state index in [0.29, 0.717) is 12.3 Å². The Morgan fingerprint density at radius 1 is 1.03 bits per heavy atom. The van der Waals surface area contributed by atoms with Gasteiger partial charge in [-0.15, -0.1) is 11.8 Å². The van der Waals surface area contributed by atoms with Gasteiger partial charge in [0, 0.05) is 46.4 Å². The number of fused-ring (bicyclic) bond motifs is 1. The van der Waals surface area contributed by atoms with Crippen molar-refractivity contribution in [3.8, 4) is 0 Å². The van der Waals surface area contributed by atoms with E-state index in [-0.39, 0.29) is 11.6 Å². The Bertz CT molecular complexity index is 1280. The van der Waals surface area contributed by atoms with Crippen molar-refractivity contribution in [1.82, 2.24) is 4.57 Å². The SMILES string of the molecule is Cc1cc(C)cc(NC(=O)CSc2cn(Cc3ccc([N+](=O)[O-])cc3)c3ccccc23)c1. The number of non-ortho nitro benzene ring substituents is 1. The van der Waals surface area contributed by atoms with Crippen LogP contribution in [0.3, 0.4) is 0 Å².